The number of benzene rings is 4. The monoisotopic (exact) mass is 577 g/mol. The molecule has 0 aliphatic carbocycles. The Morgan fingerprint density at radius 2 is 1.71 bits per heavy atom. The first kappa shape index (κ1) is 27.9. The number of fused-ring (bicyclic) bond motifs is 1. The molecule has 0 N–H and O–H groups in total. The van der Waals surface area contributed by atoms with E-state index in [1.807, 2.05) is 25.1 Å². The Morgan fingerprint density at radius 3 is 2.49 bits per heavy atom. The quantitative estimate of drug-likeness (QED) is 0.178. The molecule has 0 bridgehead atoms. The van der Waals surface area contributed by atoms with Crippen molar-refractivity contribution < 1.29 is 22.6 Å². The first-order valence-corrected chi connectivity index (χ1v) is 13.0. The predicted octanol–water partition coefficient (Wildman–Crippen LogP) is 7.60. The fourth-order valence-electron chi connectivity index (χ4n) is 4.14. The van der Waals surface area contributed by atoms with Crippen molar-refractivity contribution in [3.8, 4) is 22.9 Å². The van der Waals surface area contributed by atoms with Crippen molar-refractivity contribution in [2.24, 2.45) is 5.10 Å². The van der Waals surface area contributed by atoms with Crippen molar-refractivity contribution in [2.75, 3.05) is 6.61 Å². The summed E-state index contributed by atoms with van der Waals surface area (Å²) in [6, 6.07) is 23.7. The normalized spacial score (nSPS) is 11.7. The summed E-state index contributed by atoms with van der Waals surface area (Å²) in [4.78, 5) is 17.9. The molecule has 0 fully saturated rings. The minimum atomic E-state index is -4.56. The predicted molar refractivity (Wildman–Crippen MR) is 153 cm³/mol. The third-order valence-corrected chi connectivity index (χ3v) is 6.50. The van der Waals surface area contributed by atoms with Crippen molar-refractivity contribution in [3.05, 3.63) is 123 Å². The molecule has 0 aliphatic rings. The van der Waals surface area contributed by atoms with Crippen LogP contribution in [0.5, 0.6) is 11.5 Å². The summed E-state index contributed by atoms with van der Waals surface area (Å²) in [5.74, 6) is 0.907. The number of rotatable bonds is 8. The molecule has 5 rings (SSSR count). The lowest BCUT2D eigenvalue weighted by molar-refractivity contribution is -0.137. The Hall–Kier alpha value is -4.63. The van der Waals surface area contributed by atoms with Gasteiger partial charge in [-0.3, -0.25) is 4.79 Å². The lowest BCUT2D eigenvalue weighted by Crippen LogP contribution is -2.20. The first-order valence-electron chi connectivity index (χ1n) is 12.6. The second-order valence-electron chi connectivity index (χ2n) is 8.91. The van der Waals surface area contributed by atoms with Gasteiger partial charge in [-0.1, -0.05) is 54.1 Å². The van der Waals surface area contributed by atoms with Crippen LogP contribution in [-0.2, 0) is 12.8 Å². The van der Waals surface area contributed by atoms with Gasteiger partial charge in [-0.2, -0.15) is 22.9 Å². The molecule has 6 nitrogen and oxygen atoms in total. The zero-order valence-electron chi connectivity index (χ0n) is 21.7. The smallest absolute Gasteiger partial charge is 0.416 e. The summed E-state index contributed by atoms with van der Waals surface area (Å²) in [6.07, 6.45) is -3.15. The summed E-state index contributed by atoms with van der Waals surface area (Å²) in [6.45, 7) is 2.43. The van der Waals surface area contributed by atoms with Gasteiger partial charge in [0.25, 0.3) is 5.56 Å². The number of ether oxygens (including phenoxy) is 2. The Labute approximate surface area is 238 Å². The van der Waals surface area contributed by atoms with Gasteiger partial charge in [-0.25, -0.2) is 4.98 Å². The van der Waals surface area contributed by atoms with Gasteiger partial charge in [0.2, 0.25) is 0 Å². The number of hydrogen-bond donors (Lipinski definition) is 0. The number of nitrogens with zero attached hydrogens (tertiary/aromatic N) is 3. The third-order valence-electron chi connectivity index (χ3n) is 6.13. The molecule has 0 saturated heterocycles. The highest BCUT2D eigenvalue weighted by atomic mass is 35.5. The summed E-state index contributed by atoms with van der Waals surface area (Å²) >= 11 is 6.24. The maximum absolute atomic E-state index is 13.4. The van der Waals surface area contributed by atoms with Crippen molar-refractivity contribution in [2.45, 2.75) is 19.7 Å². The maximum Gasteiger partial charge on any atom is 0.416 e. The van der Waals surface area contributed by atoms with E-state index in [1.54, 1.807) is 48.5 Å². The average molecular weight is 578 g/mol. The molecule has 0 radical (unpaired) electrons. The van der Waals surface area contributed by atoms with Crippen molar-refractivity contribution >= 4 is 28.7 Å². The highest BCUT2D eigenvalue weighted by Gasteiger charge is 2.31. The van der Waals surface area contributed by atoms with Crippen LogP contribution in [-0.4, -0.2) is 22.5 Å². The molecular formula is C31H23ClF3N3O3. The van der Waals surface area contributed by atoms with Crippen molar-refractivity contribution in [1.82, 2.24) is 9.66 Å². The van der Waals surface area contributed by atoms with Crippen LogP contribution in [0.15, 0.2) is 101 Å². The second kappa shape index (κ2) is 11.9. The maximum atomic E-state index is 13.4. The van der Waals surface area contributed by atoms with Gasteiger partial charge in [-0.05, 0) is 61.0 Å². The van der Waals surface area contributed by atoms with Crippen molar-refractivity contribution in [1.29, 1.82) is 0 Å². The van der Waals surface area contributed by atoms with Crippen LogP contribution in [0.1, 0.15) is 23.6 Å². The van der Waals surface area contributed by atoms with Crippen LogP contribution in [0, 0.1) is 0 Å². The third kappa shape index (κ3) is 6.25. The van der Waals surface area contributed by atoms with E-state index in [0.717, 1.165) is 22.4 Å². The van der Waals surface area contributed by atoms with E-state index in [2.05, 4.69) is 10.1 Å². The summed E-state index contributed by atoms with van der Waals surface area (Å²) in [5, 5.41) is 5.21. The Morgan fingerprint density at radius 1 is 0.927 bits per heavy atom. The molecule has 0 saturated carbocycles. The summed E-state index contributed by atoms with van der Waals surface area (Å²) < 4.78 is 53.0. The molecule has 1 heterocycles. The van der Waals surface area contributed by atoms with Gasteiger partial charge in [0.05, 0.1) is 29.3 Å². The van der Waals surface area contributed by atoms with Gasteiger partial charge in [-0.15, -0.1) is 0 Å². The molecule has 0 spiro atoms. The van der Waals surface area contributed by atoms with Crippen molar-refractivity contribution in [3.63, 3.8) is 0 Å². The van der Waals surface area contributed by atoms with E-state index in [4.69, 9.17) is 21.1 Å². The van der Waals surface area contributed by atoms with Gasteiger partial charge < -0.3 is 9.47 Å². The lowest BCUT2D eigenvalue weighted by Gasteiger charge is -2.13. The zero-order chi connectivity index (χ0) is 29.0. The standard InChI is InChI=1S/C31H23ClF3N3O3/c1-2-40-28-16-20(14-15-27(28)41-19-22-8-3-5-12-25(22)32)18-36-38-29(21-9-7-10-23(17-21)31(33,34)35)37-26-13-6-4-11-24(26)30(38)39/h3-18H,2,19H2,1H3. The topological polar surface area (TPSA) is 65.7 Å². The van der Waals surface area contributed by atoms with Crippen LogP contribution >= 0.6 is 11.6 Å². The van der Waals surface area contributed by atoms with Gasteiger partial charge in [0, 0.05) is 16.1 Å². The van der Waals surface area contributed by atoms with E-state index in [9.17, 15) is 18.0 Å². The molecule has 0 amide bonds. The van der Waals surface area contributed by atoms with E-state index < -0.39 is 17.3 Å². The number of halogens is 4. The van der Waals surface area contributed by atoms with Crippen LogP contribution in [0.3, 0.4) is 0 Å². The highest BCUT2D eigenvalue weighted by molar-refractivity contribution is 6.31. The molecule has 208 valence electrons. The van der Waals surface area contributed by atoms with E-state index in [1.165, 1.54) is 18.3 Å². The molecule has 41 heavy (non-hydrogen) atoms. The van der Waals surface area contributed by atoms with Crippen LogP contribution in [0.4, 0.5) is 13.2 Å². The Bertz CT molecular complexity index is 1800. The van der Waals surface area contributed by atoms with E-state index in [0.29, 0.717) is 34.2 Å². The van der Waals surface area contributed by atoms with Crippen LogP contribution in [0.25, 0.3) is 22.3 Å². The number of aromatic nitrogens is 2. The Kier molecular flexibility index (Phi) is 8.07. The largest absolute Gasteiger partial charge is 0.490 e. The van der Waals surface area contributed by atoms with Gasteiger partial charge in [0.15, 0.2) is 17.3 Å². The van der Waals surface area contributed by atoms with Crippen LogP contribution < -0.4 is 15.0 Å². The zero-order valence-corrected chi connectivity index (χ0v) is 22.5. The molecule has 10 heteroatoms. The molecule has 4 aromatic carbocycles. The molecule has 1 aromatic heterocycles. The lowest BCUT2D eigenvalue weighted by atomic mass is 10.1. The number of hydrogen-bond acceptors (Lipinski definition) is 5. The highest BCUT2D eigenvalue weighted by Crippen LogP contribution is 2.32. The second-order valence-corrected chi connectivity index (χ2v) is 9.32. The van der Waals surface area contributed by atoms with Gasteiger partial charge >= 0.3 is 6.18 Å². The number of alkyl halides is 3. The fraction of sp³-hybridized carbons (Fsp3) is 0.129. The summed E-state index contributed by atoms with van der Waals surface area (Å²) in [7, 11) is 0. The molecule has 0 aliphatic heterocycles. The SMILES string of the molecule is CCOc1cc(C=Nn2c(-c3cccc(C(F)(F)F)c3)nc3ccccc3c2=O)ccc1OCc1ccccc1Cl. The van der Waals surface area contributed by atoms with E-state index in [-0.39, 0.29) is 23.4 Å². The fourth-order valence-corrected chi connectivity index (χ4v) is 4.33. The number of para-hydroxylation sites is 1. The molecule has 0 unspecified atom stereocenters. The van der Waals surface area contributed by atoms with Crippen LogP contribution in [0.2, 0.25) is 5.02 Å². The van der Waals surface area contributed by atoms with Gasteiger partial charge in [0.1, 0.15) is 6.61 Å². The Balaban J connectivity index is 1.53. The first-order chi connectivity index (χ1) is 19.7. The molecule has 0 atom stereocenters. The summed E-state index contributed by atoms with van der Waals surface area (Å²) in [5.41, 5.74) is 0.431. The minimum Gasteiger partial charge on any atom is -0.490 e. The molecular weight excluding hydrogens is 555 g/mol. The van der Waals surface area contributed by atoms with E-state index >= 15 is 0 Å². The molecule has 5 aromatic rings. The minimum absolute atomic E-state index is 0.0271. The average Bonchev–Trinajstić information content (AvgIpc) is 2.97.